The maximum Gasteiger partial charge on any atom is 0.247 e. The van der Waals surface area contributed by atoms with Crippen molar-refractivity contribution in [2.75, 3.05) is 16.0 Å². The topological polar surface area (TPSA) is 96.0 Å². The van der Waals surface area contributed by atoms with Crippen LogP contribution in [0.5, 0.6) is 0 Å². The predicted octanol–water partition coefficient (Wildman–Crippen LogP) is 3.71. The number of carbonyl (C=O) groups is 2. The first-order valence-corrected chi connectivity index (χ1v) is 9.70. The lowest BCUT2D eigenvalue weighted by molar-refractivity contribution is -0.117. The van der Waals surface area contributed by atoms with Gasteiger partial charge in [-0.3, -0.25) is 9.59 Å². The van der Waals surface area contributed by atoms with E-state index in [2.05, 4.69) is 25.9 Å². The Morgan fingerprint density at radius 2 is 1.43 bits per heavy atom. The van der Waals surface area contributed by atoms with E-state index in [1.807, 2.05) is 50.2 Å². The van der Waals surface area contributed by atoms with Crippen molar-refractivity contribution in [3.8, 4) is 0 Å². The van der Waals surface area contributed by atoms with Crippen LogP contribution in [0.15, 0.2) is 60.7 Å². The summed E-state index contributed by atoms with van der Waals surface area (Å²) in [6, 6.07) is 18.1. The second kappa shape index (κ2) is 9.65. The van der Waals surface area contributed by atoms with Gasteiger partial charge in [0.2, 0.25) is 17.8 Å². The summed E-state index contributed by atoms with van der Waals surface area (Å²) < 4.78 is 0. The molecule has 1 aromatic heterocycles. The maximum absolute atomic E-state index is 13.1. The average Bonchev–Trinajstić information content (AvgIpc) is 2.68. The second-order valence-corrected chi connectivity index (χ2v) is 7.11. The number of nitrogens with one attached hydrogen (secondary N) is 3. The lowest BCUT2D eigenvalue weighted by atomic mass is 10.1. The first-order valence-electron chi connectivity index (χ1n) is 9.70. The number of hydrogen-bond acceptors (Lipinski definition) is 5. The summed E-state index contributed by atoms with van der Waals surface area (Å²) in [5.41, 5.74) is 3.99. The molecule has 0 unspecified atom stereocenters. The van der Waals surface area contributed by atoms with Crippen LogP contribution in [0.2, 0.25) is 0 Å². The molecular weight excluding hydrogens is 378 g/mol. The summed E-state index contributed by atoms with van der Waals surface area (Å²) in [7, 11) is 0. The van der Waals surface area contributed by atoms with Crippen LogP contribution in [-0.4, -0.2) is 27.8 Å². The Balaban J connectivity index is 1.77. The molecule has 0 aliphatic carbocycles. The molecule has 0 bridgehead atoms. The fraction of sp³-hybridized carbons (Fsp3) is 0.217. The number of aromatic nitrogens is 2. The van der Waals surface area contributed by atoms with Crippen LogP contribution in [-0.2, 0) is 16.0 Å². The molecule has 0 saturated carbocycles. The van der Waals surface area contributed by atoms with Gasteiger partial charge < -0.3 is 16.0 Å². The number of benzene rings is 2. The van der Waals surface area contributed by atoms with Crippen molar-refractivity contribution in [3.05, 3.63) is 77.6 Å². The minimum Gasteiger partial charge on any atom is -0.342 e. The molecule has 0 fully saturated rings. The molecule has 0 spiro atoms. The van der Waals surface area contributed by atoms with Gasteiger partial charge in [0.15, 0.2) is 0 Å². The zero-order valence-corrected chi connectivity index (χ0v) is 17.3. The molecule has 3 aromatic rings. The molecule has 1 atom stereocenters. The zero-order chi connectivity index (χ0) is 21.5. The molecule has 154 valence electrons. The van der Waals surface area contributed by atoms with E-state index in [-0.39, 0.29) is 11.8 Å². The number of rotatable bonds is 7. The van der Waals surface area contributed by atoms with Crippen LogP contribution < -0.4 is 16.0 Å². The van der Waals surface area contributed by atoms with E-state index in [4.69, 9.17) is 0 Å². The van der Waals surface area contributed by atoms with Crippen molar-refractivity contribution >= 4 is 29.1 Å². The molecule has 0 aliphatic heterocycles. The van der Waals surface area contributed by atoms with E-state index in [0.717, 1.165) is 17.0 Å². The molecule has 7 nitrogen and oxygen atoms in total. The van der Waals surface area contributed by atoms with Crippen LogP contribution >= 0.6 is 0 Å². The third kappa shape index (κ3) is 6.13. The van der Waals surface area contributed by atoms with Crippen molar-refractivity contribution in [1.29, 1.82) is 0 Å². The van der Waals surface area contributed by atoms with Crippen molar-refractivity contribution in [1.82, 2.24) is 9.97 Å². The summed E-state index contributed by atoms with van der Waals surface area (Å²) >= 11 is 0. The highest BCUT2D eigenvalue weighted by atomic mass is 16.2. The molecule has 2 aromatic carbocycles. The maximum atomic E-state index is 13.1. The van der Waals surface area contributed by atoms with Gasteiger partial charge in [0, 0.05) is 36.1 Å². The molecule has 2 amide bonds. The lowest BCUT2D eigenvalue weighted by Gasteiger charge is -2.19. The normalized spacial score (nSPS) is 11.4. The summed E-state index contributed by atoms with van der Waals surface area (Å²) in [4.78, 5) is 33.0. The second-order valence-electron chi connectivity index (χ2n) is 7.11. The largest absolute Gasteiger partial charge is 0.342 e. The average molecular weight is 403 g/mol. The van der Waals surface area contributed by atoms with Crippen molar-refractivity contribution in [3.63, 3.8) is 0 Å². The minimum absolute atomic E-state index is 0.146. The van der Waals surface area contributed by atoms with Crippen molar-refractivity contribution in [2.45, 2.75) is 33.2 Å². The van der Waals surface area contributed by atoms with E-state index < -0.39 is 6.04 Å². The predicted molar refractivity (Wildman–Crippen MR) is 118 cm³/mol. The number of amides is 2. The van der Waals surface area contributed by atoms with Gasteiger partial charge in [-0.2, -0.15) is 0 Å². The number of carbonyl (C=O) groups excluding carboxylic acids is 2. The van der Waals surface area contributed by atoms with Gasteiger partial charge in [0.05, 0.1) is 0 Å². The first-order chi connectivity index (χ1) is 14.4. The van der Waals surface area contributed by atoms with Gasteiger partial charge in [0.1, 0.15) is 6.04 Å². The third-order valence-corrected chi connectivity index (χ3v) is 4.36. The molecule has 30 heavy (non-hydrogen) atoms. The van der Waals surface area contributed by atoms with Gasteiger partial charge in [-0.1, -0.05) is 30.3 Å². The van der Waals surface area contributed by atoms with Gasteiger partial charge in [-0.25, -0.2) is 9.97 Å². The number of anilines is 3. The zero-order valence-electron chi connectivity index (χ0n) is 17.3. The molecule has 1 heterocycles. The van der Waals surface area contributed by atoms with Crippen LogP contribution in [0.25, 0.3) is 0 Å². The molecule has 7 heteroatoms. The monoisotopic (exact) mass is 403 g/mol. The Morgan fingerprint density at radius 3 is 2.00 bits per heavy atom. The fourth-order valence-electron chi connectivity index (χ4n) is 3.07. The Morgan fingerprint density at radius 1 is 0.867 bits per heavy atom. The van der Waals surface area contributed by atoms with Gasteiger partial charge in [0.25, 0.3) is 0 Å². The van der Waals surface area contributed by atoms with Crippen LogP contribution in [0, 0.1) is 13.8 Å². The van der Waals surface area contributed by atoms with E-state index in [1.54, 1.807) is 24.3 Å². The quantitative estimate of drug-likeness (QED) is 0.559. The SMILES string of the molecule is CC(=O)Nc1ccc(NC(=O)[C@H](Cc2ccccc2)Nc2nc(C)cc(C)n2)cc1. The molecule has 0 radical (unpaired) electrons. The summed E-state index contributed by atoms with van der Waals surface area (Å²) in [6.07, 6.45) is 0.479. The van der Waals surface area contributed by atoms with E-state index in [0.29, 0.717) is 23.7 Å². The van der Waals surface area contributed by atoms with E-state index in [1.165, 1.54) is 6.92 Å². The summed E-state index contributed by atoms with van der Waals surface area (Å²) in [5.74, 6) is 0.0748. The third-order valence-electron chi connectivity index (χ3n) is 4.36. The van der Waals surface area contributed by atoms with Gasteiger partial charge in [-0.15, -0.1) is 0 Å². The molecule has 0 aliphatic rings. The van der Waals surface area contributed by atoms with Crippen LogP contribution in [0.4, 0.5) is 17.3 Å². The van der Waals surface area contributed by atoms with E-state index >= 15 is 0 Å². The van der Waals surface area contributed by atoms with Crippen molar-refractivity contribution in [2.24, 2.45) is 0 Å². The number of hydrogen-bond donors (Lipinski definition) is 3. The van der Waals surface area contributed by atoms with E-state index in [9.17, 15) is 9.59 Å². The highest BCUT2D eigenvalue weighted by Gasteiger charge is 2.20. The lowest BCUT2D eigenvalue weighted by Crippen LogP contribution is -2.37. The van der Waals surface area contributed by atoms with Gasteiger partial charge >= 0.3 is 0 Å². The molecule has 0 saturated heterocycles. The highest BCUT2D eigenvalue weighted by molar-refractivity contribution is 5.97. The Labute approximate surface area is 176 Å². The Kier molecular flexibility index (Phi) is 6.75. The van der Waals surface area contributed by atoms with Crippen LogP contribution in [0.1, 0.15) is 23.9 Å². The minimum atomic E-state index is -0.566. The fourth-order valence-corrected chi connectivity index (χ4v) is 3.07. The molecule has 3 rings (SSSR count). The number of nitrogens with zero attached hydrogens (tertiary/aromatic N) is 2. The number of aryl methyl sites for hydroxylation is 2. The standard InChI is InChI=1S/C23H25N5O2/c1-15-13-16(2)25-23(24-15)28-21(14-18-7-5-4-6-8-18)22(30)27-20-11-9-19(10-12-20)26-17(3)29/h4-13,21H,14H2,1-3H3,(H,26,29)(H,27,30)(H,24,25,28)/t21-/m0/s1. The Hall–Kier alpha value is -3.74. The summed E-state index contributed by atoms with van der Waals surface area (Å²) in [6.45, 7) is 5.23. The highest BCUT2D eigenvalue weighted by Crippen LogP contribution is 2.16. The Bertz CT molecular complexity index is 999. The first kappa shape index (κ1) is 21.0. The molecule has 3 N–H and O–H groups in total. The smallest absolute Gasteiger partial charge is 0.247 e. The van der Waals surface area contributed by atoms with Gasteiger partial charge in [-0.05, 0) is 49.7 Å². The summed E-state index contributed by atoms with van der Waals surface area (Å²) in [5, 5.41) is 8.80. The molecular formula is C23H25N5O2. The van der Waals surface area contributed by atoms with Crippen LogP contribution in [0.3, 0.4) is 0 Å². The van der Waals surface area contributed by atoms with Crippen molar-refractivity contribution < 1.29 is 9.59 Å².